The van der Waals surface area contributed by atoms with Gasteiger partial charge in [0.15, 0.2) is 0 Å². The minimum absolute atomic E-state index is 0.111. The molecule has 0 radical (unpaired) electrons. The second-order valence-corrected chi connectivity index (χ2v) is 6.05. The third-order valence-corrected chi connectivity index (χ3v) is 4.53. The van der Waals surface area contributed by atoms with Crippen LogP contribution in [0.1, 0.15) is 49.5 Å². The van der Waals surface area contributed by atoms with Crippen LogP contribution in [0.4, 0.5) is 5.95 Å². The third-order valence-electron chi connectivity index (χ3n) is 4.53. The van der Waals surface area contributed by atoms with E-state index < -0.39 is 0 Å². The molecule has 1 saturated carbocycles. The van der Waals surface area contributed by atoms with Crippen molar-refractivity contribution >= 4 is 11.9 Å². The lowest BCUT2D eigenvalue weighted by Crippen LogP contribution is -2.34. The second-order valence-electron chi connectivity index (χ2n) is 6.05. The van der Waals surface area contributed by atoms with Crippen molar-refractivity contribution in [2.24, 2.45) is 0 Å². The Morgan fingerprint density at radius 2 is 2.13 bits per heavy atom. The lowest BCUT2D eigenvalue weighted by molar-refractivity contribution is -0.121. The van der Waals surface area contributed by atoms with Crippen LogP contribution >= 0.6 is 0 Å². The SMILES string of the molecule is CCN(C)C(C(=O)Nc1n[nH]c(C2CCC2)n1)c1ccccc1. The van der Waals surface area contributed by atoms with E-state index >= 15 is 0 Å². The van der Waals surface area contributed by atoms with E-state index in [1.54, 1.807) is 0 Å². The molecule has 6 nitrogen and oxygen atoms in total. The van der Waals surface area contributed by atoms with Gasteiger partial charge in [0.2, 0.25) is 11.9 Å². The summed E-state index contributed by atoms with van der Waals surface area (Å²) in [4.78, 5) is 19.1. The maximum atomic E-state index is 12.7. The van der Waals surface area contributed by atoms with Crippen LogP contribution < -0.4 is 5.32 Å². The summed E-state index contributed by atoms with van der Waals surface area (Å²) in [6, 6.07) is 9.42. The van der Waals surface area contributed by atoms with Crippen molar-refractivity contribution in [1.29, 1.82) is 0 Å². The molecule has 0 bridgehead atoms. The number of nitrogens with one attached hydrogen (secondary N) is 2. The maximum Gasteiger partial charge on any atom is 0.248 e. The normalized spacial score (nSPS) is 16.1. The fourth-order valence-corrected chi connectivity index (χ4v) is 2.80. The summed E-state index contributed by atoms with van der Waals surface area (Å²) in [6.07, 6.45) is 3.53. The first-order valence-corrected chi connectivity index (χ1v) is 8.17. The van der Waals surface area contributed by atoms with Gasteiger partial charge in [0.25, 0.3) is 0 Å². The number of hydrogen-bond acceptors (Lipinski definition) is 4. The van der Waals surface area contributed by atoms with E-state index in [0.717, 1.165) is 30.8 Å². The molecule has 1 aliphatic carbocycles. The number of anilines is 1. The first-order chi connectivity index (χ1) is 11.2. The van der Waals surface area contributed by atoms with E-state index in [2.05, 4.69) is 20.5 Å². The van der Waals surface area contributed by atoms with Gasteiger partial charge in [-0.3, -0.25) is 20.1 Å². The maximum absolute atomic E-state index is 12.7. The van der Waals surface area contributed by atoms with E-state index in [9.17, 15) is 4.79 Å². The highest BCUT2D eigenvalue weighted by atomic mass is 16.2. The van der Waals surface area contributed by atoms with Crippen molar-refractivity contribution in [3.05, 3.63) is 41.7 Å². The van der Waals surface area contributed by atoms with Crippen LogP contribution in [0.2, 0.25) is 0 Å². The van der Waals surface area contributed by atoms with Gasteiger partial charge in [-0.1, -0.05) is 43.7 Å². The molecule has 122 valence electrons. The number of amides is 1. The summed E-state index contributed by atoms with van der Waals surface area (Å²) in [5.74, 6) is 1.60. The minimum atomic E-state index is -0.355. The number of likely N-dealkylation sites (N-methyl/N-ethyl adjacent to an activating group) is 1. The lowest BCUT2D eigenvalue weighted by Gasteiger charge is -2.25. The van der Waals surface area contributed by atoms with Crippen molar-refractivity contribution in [3.63, 3.8) is 0 Å². The number of nitrogens with zero attached hydrogens (tertiary/aromatic N) is 3. The number of benzene rings is 1. The molecule has 2 N–H and O–H groups in total. The Bertz CT molecular complexity index is 650. The molecule has 1 heterocycles. The van der Waals surface area contributed by atoms with Gasteiger partial charge in [-0.15, -0.1) is 5.10 Å². The zero-order chi connectivity index (χ0) is 16.2. The van der Waals surface area contributed by atoms with Crippen molar-refractivity contribution in [1.82, 2.24) is 20.1 Å². The average Bonchev–Trinajstić information content (AvgIpc) is 2.94. The van der Waals surface area contributed by atoms with Gasteiger partial charge in [-0.2, -0.15) is 4.98 Å². The quantitative estimate of drug-likeness (QED) is 0.860. The number of hydrogen-bond donors (Lipinski definition) is 2. The van der Waals surface area contributed by atoms with Crippen LogP contribution in [0.3, 0.4) is 0 Å². The molecule has 0 aliphatic heterocycles. The Morgan fingerprint density at radius 1 is 1.39 bits per heavy atom. The van der Waals surface area contributed by atoms with Crippen molar-refractivity contribution in [2.45, 2.75) is 38.1 Å². The third kappa shape index (κ3) is 3.42. The van der Waals surface area contributed by atoms with E-state index in [4.69, 9.17) is 0 Å². The van der Waals surface area contributed by atoms with Crippen molar-refractivity contribution in [2.75, 3.05) is 18.9 Å². The molecular weight excluding hydrogens is 290 g/mol. The van der Waals surface area contributed by atoms with E-state index in [1.165, 1.54) is 6.42 Å². The molecule has 0 saturated heterocycles. The summed E-state index contributed by atoms with van der Waals surface area (Å²) in [7, 11) is 1.94. The Balaban J connectivity index is 1.74. The fourth-order valence-electron chi connectivity index (χ4n) is 2.80. The molecule has 1 amide bonds. The van der Waals surface area contributed by atoms with Gasteiger partial charge < -0.3 is 0 Å². The summed E-state index contributed by atoms with van der Waals surface area (Å²) in [5.41, 5.74) is 0.962. The molecular formula is C17H23N5O. The van der Waals surface area contributed by atoms with Gasteiger partial charge in [0.1, 0.15) is 11.9 Å². The predicted molar refractivity (Wildman–Crippen MR) is 89.1 cm³/mol. The molecule has 2 aromatic rings. The number of aromatic amines is 1. The smallest absolute Gasteiger partial charge is 0.248 e. The van der Waals surface area contributed by atoms with E-state index in [-0.39, 0.29) is 11.9 Å². The molecule has 1 atom stereocenters. The molecule has 0 spiro atoms. The monoisotopic (exact) mass is 313 g/mol. The number of rotatable bonds is 6. The van der Waals surface area contributed by atoms with Gasteiger partial charge in [-0.25, -0.2) is 0 Å². The van der Waals surface area contributed by atoms with Crippen molar-refractivity contribution in [3.8, 4) is 0 Å². The second kappa shape index (κ2) is 6.91. The number of aromatic nitrogens is 3. The molecule has 23 heavy (non-hydrogen) atoms. The molecule has 3 rings (SSSR count). The highest BCUT2D eigenvalue weighted by Gasteiger charge is 2.27. The van der Waals surface area contributed by atoms with E-state index in [0.29, 0.717) is 11.9 Å². The Labute approximate surface area is 136 Å². The highest BCUT2D eigenvalue weighted by Crippen LogP contribution is 2.34. The zero-order valence-corrected chi connectivity index (χ0v) is 13.6. The summed E-state index contributed by atoms with van der Waals surface area (Å²) < 4.78 is 0. The van der Waals surface area contributed by atoms with Crippen LogP contribution in [-0.4, -0.2) is 39.6 Å². The fraction of sp³-hybridized carbons (Fsp3) is 0.471. The minimum Gasteiger partial charge on any atom is -0.292 e. The van der Waals surface area contributed by atoms with Crippen LogP contribution in [-0.2, 0) is 4.79 Å². The zero-order valence-electron chi connectivity index (χ0n) is 13.6. The predicted octanol–water partition coefficient (Wildman–Crippen LogP) is 2.70. The Hall–Kier alpha value is -2.21. The first-order valence-electron chi connectivity index (χ1n) is 8.17. The van der Waals surface area contributed by atoms with E-state index in [1.807, 2.05) is 49.2 Å². The number of H-pyrrole nitrogens is 1. The standard InChI is InChI=1S/C17H23N5O/c1-3-22(2)14(12-8-5-4-6-9-12)16(23)19-17-18-15(20-21-17)13-10-7-11-13/h4-6,8-9,13-14H,3,7,10-11H2,1-2H3,(H2,18,19,20,21,23). The van der Waals surface area contributed by atoms with Crippen molar-refractivity contribution < 1.29 is 4.79 Å². The van der Waals surface area contributed by atoms with Gasteiger partial charge >= 0.3 is 0 Å². The van der Waals surface area contributed by atoms with Gasteiger partial charge in [0.05, 0.1) is 0 Å². The van der Waals surface area contributed by atoms with Gasteiger partial charge in [0, 0.05) is 5.92 Å². The Morgan fingerprint density at radius 3 is 2.74 bits per heavy atom. The molecule has 1 aromatic carbocycles. The summed E-state index contributed by atoms with van der Waals surface area (Å²) in [5, 5.41) is 9.92. The Kier molecular flexibility index (Phi) is 4.71. The molecule has 1 aromatic heterocycles. The summed E-state index contributed by atoms with van der Waals surface area (Å²) >= 11 is 0. The lowest BCUT2D eigenvalue weighted by atomic mass is 9.85. The molecule has 1 aliphatic rings. The summed E-state index contributed by atoms with van der Waals surface area (Å²) in [6.45, 7) is 2.80. The largest absolute Gasteiger partial charge is 0.292 e. The average molecular weight is 313 g/mol. The number of carbonyl (C=O) groups excluding carboxylic acids is 1. The van der Waals surface area contributed by atoms with Gasteiger partial charge in [-0.05, 0) is 32.0 Å². The highest BCUT2D eigenvalue weighted by molar-refractivity contribution is 5.94. The van der Waals surface area contributed by atoms with Crippen LogP contribution in [0, 0.1) is 0 Å². The van der Waals surface area contributed by atoms with Crippen LogP contribution in [0.25, 0.3) is 0 Å². The van der Waals surface area contributed by atoms with Crippen LogP contribution in [0.15, 0.2) is 30.3 Å². The molecule has 6 heteroatoms. The molecule has 1 unspecified atom stereocenters. The molecule has 1 fully saturated rings. The number of carbonyl (C=O) groups is 1. The first kappa shape index (κ1) is 15.7. The van der Waals surface area contributed by atoms with Crippen LogP contribution in [0.5, 0.6) is 0 Å². The topological polar surface area (TPSA) is 73.9 Å².